The van der Waals surface area contributed by atoms with Crippen molar-refractivity contribution in [2.75, 3.05) is 44.2 Å². The Balaban J connectivity index is 1.77. The molecular weight excluding hydrogens is 210 g/mol. The summed E-state index contributed by atoms with van der Waals surface area (Å²) in [7, 11) is 0. The zero-order chi connectivity index (χ0) is 11.9. The third-order valence-electron chi connectivity index (χ3n) is 3.24. The summed E-state index contributed by atoms with van der Waals surface area (Å²) in [6.07, 6.45) is 1.01. The van der Waals surface area contributed by atoms with Crippen molar-refractivity contribution in [1.29, 1.82) is 0 Å². The van der Waals surface area contributed by atoms with Crippen molar-refractivity contribution in [3.8, 4) is 0 Å². The fourth-order valence-corrected chi connectivity index (χ4v) is 2.24. The normalized spacial score (nSPS) is 16.8. The van der Waals surface area contributed by atoms with Gasteiger partial charge in [-0.25, -0.2) is 6.57 Å². The molecule has 90 valence electrons. The molecule has 3 heteroatoms. The van der Waals surface area contributed by atoms with E-state index in [1.807, 2.05) is 0 Å². The van der Waals surface area contributed by atoms with Crippen molar-refractivity contribution < 1.29 is 0 Å². The van der Waals surface area contributed by atoms with Crippen LogP contribution in [0, 0.1) is 6.57 Å². The van der Waals surface area contributed by atoms with Gasteiger partial charge in [0.1, 0.15) is 0 Å². The fraction of sp³-hybridized carbons (Fsp3) is 0.500. The van der Waals surface area contributed by atoms with Gasteiger partial charge in [-0.3, -0.25) is 4.90 Å². The molecular formula is C14H19N3. The summed E-state index contributed by atoms with van der Waals surface area (Å²) in [4.78, 5) is 8.29. The molecule has 1 saturated heterocycles. The van der Waals surface area contributed by atoms with Crippen molar-refractivity contribution in [1.82, 2.24) is 4.90 Å². The number of anilines is 1. The Kier molecular flexibility index (Phi) is 4.40. The zero-order valence-corrected chi connectivity index (χ0v) is 10.2. The highest BCUT2D eigenvalue weighted by atomic mass is 15.3. The lowest BCUT2D eigenvalue weighted by Gasteiger charge is -2.35. The third-order valence-corrected chi connectivity index (χ3v) is 3.24. The smallest absolute Gasteiger partial charge is 0.215 e. The number of rotatable bonds is 4. The summed E-state index contributed by atoms with van der Waals surface area (Å²) >= 11 is 0. The van der Waals surface area contributed by atoms with Crippen molar-refractivity contribution >= 4 is 5.69 Å². The van der Waals surface area contributed by atoms with Crippen molar-refractivity contribution in [3.05, 3.63) is 41.7 Å². The van der Waals surface area contributed by atoms with Gasteiger partial charge in [0.25, 0.3) is 0 Å². The first-order chi connectivity index (χ1) is 8.40. The number of piperazine rings is 1. The molecule has 1 aliphatic rings. The van der Waals surface area contributed by atoms with Gasteiger partial charge in [-0.2, -0.15) is 0 Å². The van der Waals surface area contributed by atoms with Crippen LogP contribution in [0.3, 0.4) is 0 Å². The second kappa shape index (κ2) is 6.27. The van der Waals surface area contributed by atoms with Gasteiger partial charge in [0, 0.05) is 44.8 Å². The first-order valence-electron chi connectivity index (χ1n) is 6.26. The van der Waals surface area contributed by atoms with Crippen LogP contribution in [0.25, 0.3) is 4.85 Å². The maximum absolute atomic E-state index is 6.76. The predicted octanol–water partition coefficient (Wildman–Crippen LogP) is 2.12. The maximum Gasteiger partial charge on any atom is 0.215 e. The standard InChI is InChI=1S/C14H19N3/c1-15-8-5-9-16-10-12-17(13-11-16)14-6-3-2-4-7-14/h2-4,6-7H,5,8-13H2. The summed E-state index contributed by atoms with van der Waals surface area (Å²) in [5, 5.41) is 0. The number of hydrogen-bond donors (Lipinski definition) is 0. The highest BCUT2D eigenvalue weighted by molar-refractivity contribution is 5.46. The van der Waals surface area contributed by atoms with Crippen LogP contribution in [0.4, 0.5) is 5.69 Å². The van der Waals surface area contributed by atoms with Gasteiger partial charge >= 0.3 is 0 Å². The lowest BCUT2D eigenvalue weighted by atomic mass is 10.2. The molecule has 0 aliphatic carbocycles. The van der Waals surface area contributed by atoms with Crippen molar-refractivity contribution in [2.45, 2.75) is 6.42 Å². The Morgan fingerprint density at radius 2 is 1.76 bits per heavy atom. The fourth-order valence-electron chi connectivity index (χ4n) is 2.24. The summed E-state index contributed by atoms with van der Waals surface area (Å²) in [6, 6.07) is 10.6. The first-order valence-corrected chi connectivity index (χ1v) is 6.26. The monoisotopic (exact) mass is 229 g/mol. The van der Waals surface area contributed by atoms with Crippen LogP contribution in [-0.2, 0) is 0 Å². The molecule has 1 aromatic carbocycles. The lowest BCUT2D eigenvalue weighted by Crippen LogP contribution is -2.46. The molecule has 1 aromatic rings. The number of nitrogens with zero attached hydrogens (tertiary/aromatic N) is 3. The van der Waals surface area contributed by atoms with E-state index >= 15 is 0 Å². The molecule has 1 heterocycles. The van der Waals surface area contributed by atoms with Crippen LogP contribution in [0.1, 0.15) is 6.42 Å². The lowest BCUT2D eigenvalue weighted by molar-refractivity contribution is 0.258. The van der Waals surface area contributed by atoms with Gasteiger partial charge < -0.3 is 9.74 Å². The van der Waals surface area contributed by atoms with Crippen LogP contribution >= 0.6 is 0 Å². The van der Waals surface area contributed by atoms with E-state index in [1.165, 1.54) is 5.69 Å². The largest absolute Gasteiger partial charge is 0.369 e. The van der Waals surface area contributed by atoms with Crippen molar-refractivity contribution in [2.24, 2.45) is 0 Å². The average Bonchev–Trinajstić information content (AvgIpc) is 2.41. The Morgan fingerprint density at radius 3 is 2.41 bits per heavy atom. The van der Waals surface area contributed by atoms with Crippen LogP contribution in [0.2, 0.25) is 0 Å². The van der Waals surface area contributed by atoms with E-state index in [4.69, 9.17) is 6.57 Å². The van der Waals surface area contributed by atoms with E-state index in [9.17, 15) is 0 Å². The van der Waals surface area contributed by atoms with E-state index in [0.29, 0.717) is 6.54 Å². The van der Waals surface area contributed by atoms with E-state index in [-0.39, 0.29) is 0 Å². The quantitative estimate of drug-likeness (QED) is 0.578. The highest BCUT2D eigenvalue weighted by Gasteiger charge is 2.16. The molecule has 1 fully saturated rings. The van der Waals surface area contributed by atoms with Gasteiger partial charge in [0.2, 0.25) is 6.54 Å². The van der Waals surface area contributed by atoms with Crippen LogP contribution < -0.4 is 4.90 Å². The summed E-state index contributed by atoms with van der Waals surface area (Å²) in [6.45, 7) is 12.9. The molecule has 3 nitrogen and oxygen atoms in total. The number of hydrogen-bond acceptors (Lipinski definition) is 2. The molecule has 0 radical (unpaired) electrons. The minimum Gasteiger partial charge on any atom is -0.369 e. The molecule has 0 spiro atoms. The second-order valence-electron chi connectivity index (χ2n) is 4.40. The summed E-state index contributed by atoms with van der Waals surface area (Å²) in [5.74, 6) is 0. The molecule has 0 atom stereocenters. The van der Waals surface area contributed by atoms with E-state index < -0.39 is 0 Å². The number of benzene rings is 1. The Labute approximate surface area is 103 Å². The van der Waals surface area contributed by atoms with E-state index in [1.54, 1.807) is 0 Å². The van der Waals surface area contributed by atoms with Gasteiger partial charge in [-0.05, 0) is 12.1 Å². The van der Waals surface area contributed by atoms with Gasteiger partial charge in [-0.1, -0.05) is 18.2 Å². The summed E-state index contributed by atoms with van der Waals surface area (Å²) < 4.78 is 0. The Hall–Kier alpha value is -1.53. The molecule has 0 N–H and O–H groups in total. The minimum atomic E-state index is 0.666. The molecule has 0 unspecified atom stereocenters. The maximum atomic E-state index is 6.76. The predicted molar refractivity (Wildman–Crippen MR) is 71.2 cm³/mol. The van der Waals surface area contributed by atoms with E-state index in [2.05, 4.69) is 45.0 Å². The SMILES string of the molecule is [C-]#[N+]CCCN1CCN(c2ccccc2)CC1. The van der Waals surface area contributed by atoms with Gasteiger partial charge in [0.05, 0.1) is 0 Å². The van der Waals surface area contributed by atoms with Crippen LogP contribution in [0.15, 0.2) is 30.3 Å². The summed E-state index contributed by atoms with van der Waals surface area (Å²) in [5.41, 5.74) is 1.33. The molecule has 0 amide bonds. The average molecular weight is 229 g/mol. The van der Waals surface area contributed by atoms with Gasteiger partial charge in [0.15, 0.2) is 0 Å². The molecule has 0 saturated carbocycles. The zero-order valence-electron chi connectivity index (χ0n) is 10.2. The molecule has 1 aliphatic heterocycles. The van der Waals surface area contributed by atoms with Crippen LogP contribution in [-0.4, -0.2) is 44.2 Å². The molecule has 2 rings (SSSR count). The minimum absolute atomic E-state index is 0.666. The number of para-hydroxylation sites is 1. The Bertz CT molecular complexity index is 361. The molecule has 17 heavy (non-hydrogen) atoms. The van der Waals surface area contributed by atoms with Gasteiger partial charge in [-0.15, -0.1) is 0 Å². The second-order valence-corrected chi connectivity index (χ2v) is 4.40. The topological polar surface area (TPSA) is 10.8 Å². The first kappa shape index (κ1) is 11.9. The van der Waals surface area contributed by atoms with E-state index in [0.717, 1.165) is 39.1 Å². The third kappa shape index (κ3) is 3.47. The Morgan fingerprint density at radius 1 is 1.06 bits per heavy atom. The molecule has 0 bridgehead atoms. The van der Waals surface area contributed by atoms with Crippen LogP contribution in [0.5, 0.6) is 0 Å². The van der Waals surface area contributed by atoms with Crippen molar-refractivity contribution in [3.63, 3.8) is 0 Å². The highest BCUT2D eigenvalue weighted by Crippen LogP contribution is 2.15. The molecule has 0 aromatic heterocycles.